The van der Waals surface area contributed by atoms with Gasteiger partial charge in [0.05, 0.1) is 10.0 Å². The van der Waals surface area contributed by atoms with Gasteiger partial charge in [-0.15, -0.1) is 0 Å². The van der Waals surface area contributed by atoms with Gasteiger partial charge in [0.15, 0.2) is 0 Å². The molecule has 0 bridgehead atoms. The molecule has 1 heterocycles. The van der Waals surface area contributed by atoms with E-state index in [0.29, 0.717) is 21.6 Å². The fraction of sp³-hybridized carbons (Fsp3) is 0.0833. The van der Waals surface area contributed by atoms with Crippen LogP contribution in [0.5, 0.6) is 0 Å². The molecule has 0 aliphatic carbocycles. The Labute approximate surface area is 108 Å². The molecular formula is C12H8Cl2O3. The van der Waals surface area contributed by atoms with Gasteiger partial charge in [0.2, 0.25) is 0 Å². The lowest BCUT2D eigenvalue weighted by molar-refractivity contribution is -0.136. The Morgan fingerprint density at radius 1 is 1.18 bits per heavy atom. The molecular weight excluding hydrogens is 263 g/mol. The van der Waals surface area contributed by atoms with Gasteiger partial charge >= 0.3 is 5.97 Å². The second-order valence-electron chi connectivity index (χ2n) is 3.47. The number of hydrogen-bond acceptors (Lipinski definition) is 2. The lowest BCUT2D eigenvalue weighted by atomic mass is 10.2. The summed E-state index contributed by atoms with van der Waals surface area (Å²) in [6.07, 6.45) is -0.138. The summed E-state index contributed by atoms with van der Waals surface area (Å²) < 4.78 is 5.39. The number of carbonyl (C=O) groups is 1. The Hall–Kier alpha value is -1.45. The van der Waals surface area contributed by atoms with E-state index in [9.17, 15) is 4.79 Å². The fourth-order valence-electron chi connectivity index (χ4n) is 1.43. The third-order valence-corrected chi connectivity index (χ3v) is 2.93. The third-order valence-electron chi connectivity index (χ3n) is 2.19. The van der Waals surface area contributed by atoms with Crippen molar-refractivity contribution in [3.8, 4) is 11.3 Å². The van der Waals surface area contributed by atoms with E-state index in [1.54, 1.807) is 30.3 Å². The first-order valence-electron chi connectivity index (χ1n) is 4.82. The van der Waals surface area contributed by atoms with E-state index >= 15 is 0 Å². The van der Waals surface area contributed by atoms with Gasteiger partial charge in [-0.25, -0.2) is 0 Å². The number of carboxylic acids is 1. The maximum atomic E-state index is 10.5. The van der Waals surface area contributed by atoms with Crippen molar-refractivity contribution in [2.24, 2.45) is 0 Å². The number of hydrogen-bond donors (Lipinski definition) is 1. The minimum atomic E-state index is -0.931. The zero-order valence-electron chi connectivity index (χ0n) is 8.61. The van der Waals surface area contributed by atoms with Crippen molar-refractivity contribution in [1.82, 2.24) is 0 Å². The van der Waals surface area contributed by atoms with Crippen LogP contribution in [0.25, 0.3) is 11.3 Å². The molecule has 88 valence electrons. The lowest BCUT2D eigenvalue weighted by Gasteiger charge is -1.99. The number of halogens is 2. The summed E-state index contributed by atoms with van der Waals surface area (Å²) in [5, 5.41) is 9.53. The Morgan fingerprint density at radius 2 is 1.94 bits per heavy atom. The van der Waals surface area contributed by atoms with E-state index in [4.69, 9.17) is 32.7 Å². The Bertz CT molecular complexity index is 561. The van der Waals surface area contributed by atoms with Crippen LogP contribution in [-0.4, -0.2) is 11.1 Å². The molecule has 1 aromatic carbocycles. The maximum absolute atomic E-state index is 10.5. The molecule has 0 aliphatic rings. The molecule has 3 nitrogen and oxygen atoms in total. The molecule has 0 atom stereocenters. The van der Waals surface area contributed by atoms with Crippen molar-refractivity contribution < 1.29 is 14.3 Å². The summed E-state index contributed by atoms with van der Waals surface area (Å²) in [5.74, 6) is 0.0402. The van der Waals surface area contributed by atoms with E-state index in [1.807, 2.05) is 0 Å². The molecule has 0 saturated heterocycles. The highest BCUT2D eigenvalue weighted by atomic mass is 35.5. The van der Waals surface area contributed by atoms with Gasteiger partial charge in [0.1, 0.15) is 17.9 Å². The van der Waals surface area contributed by atoms with Crippen molar-refractivity contribution in [2.75, 3.05) is 0 Å². The minimum Gasteiger partial charge on any atom is -0.481 e. The van der Waals surface area contributed by atoms with Gasteiger partial charge in [0.25, 0.3) is 0 Å². The molecule has 0 saturated carbocycles. The van der Waals surface area contributed by atoms with Gasteiger partial charge in [-0.2, -0.15) is 0 Å². The molecule has 1 aromatic heterocycles. The van der Waals surface area contributed by atoms with Crippen LogP contribution >= 0.6 is 23.2 Å². The zero-order chi connectivity index (χ0) is 12.4. The normalized spacial score (nSPS) is 10.5. The van der Waals surface area contributed by atoms with Crippen molar-refractivity contribution in [1.29, 1.82) is 0 Å². The van der Waals surface area contributed by atoms with E-state index in [0.717, 1.165) is 5.56 Å². The first-order chi connectivity index (χ1) is 8.06. The molecule has 2 rings (SSSR count). The molecule has 0 spiro atoms. The summed E-state index contributed by atoms with van der Waals surface area (Å²) in [6.45, 7) is 0. The molecule has 0 fully saturated rings. The SMILES string of the molecule is O=C(O)Cc1ccc(-c2ccc(Cl)c(Cl)c2)o1. The van der Waals surface area contributed by atoms with Gasteiger partial charge in [-0.3, -0.25) is 4.79 Å². The van der Waals surface area contributed by atoms with Crippen LogP contribution in [0.15, 0.2) is 34.7 Å². The Morgan fingerprint density at radius 3 is 2.59 bits per heavy atom. The second-order valence-corrected chi connectivity index (χ2v) is 4.28. The van der Waals surface area contributed by atoms with Crippen molar-refractivity contribution in [2.45, 2.75) is 6.42 Å². The zero-order valence-corrected chi connectivity index (χ0v) is 10.1. The number of aliphatic carboxylic acids is 1. The molecule has 1 N–H and O–H groups in total. The first kappa shape index (κ1) is 12.0. The molecule has 0 aliphatic heterocycles. The van der Waals surface area contributed by atoms with Crippen LogP contribution in [0.1, 0.15) is 5.76 Å². The molecule has 0 amide bonds. The topological polar surface area (TPSA) is 50.4 Å². The fourth-order valence-corrected chi connectivity index (χ4v) is 1.72. The van der Waals surface area contributed by atoms with Crippen molar-refractivity contribution in [3.63, 3.8) is 0 Å². The summed E-state index contributed by atoms with van der Waals surface area (Å²) >= 11 is 11.7. The first-order valence-corrected chi connectivity index (χ1v) is 5.58. The minimum absolute atomic E-state index is 0.138. The molecule has 2 aromatic rings. The highest BCUT2D eigenvalue weighted by Crippen LogP contribution is 2.29. The summed E-state index contributed by atoms with van der Waals surface area (Å²) in [4.78, 5) is 10.5. The highest BCUT2D eigenvalue weighted by Gasteiger charge is 2.09. The number of rotatable bonds is 3. The van der Waals surface area contributed by atoms with Crippen LogP contribution < -0.4 is 0 Å². The smallest absolute Gasteiger partial charge is 0.311 e. The van der Waals surface area contributed by atoms with Crippen LogP contribution in [0.3, 0.4) is 0 Å². The van der Waals surface area contributed by atoms with Crippen LogP contribution in [0.4, 0.5) is 0 Å². The summed E-state index contributed by atoms with van der Waals surface area (Å²) in [6, 6.07) is 8.44. The van der Waals surface area contributed by atoms with Gasteiger partial charge in [-0.05, 0) is 30.3 Å². The number of carboxylic acid groups (broad SMARTS) is 1. The molecule has 0 radical (unpaired) electrons. The quantitative estimate of drug-likeness (QED) is 0.921. The number of benzene rings is 1. The van der Waals surface area contributed by atoms with Crippen LogP contribution in [0.2, 0.25) is 10.0 Å². The summed E-state index contributed by atoms with van der Waals surface area (Å²) in [5.41, 5.74) is 0.760. The highest BCUT2D eigenvalue weighted by molar-refractivity contribution is 6.42. The largest absolute Gasteiger partial charge is 0.481 e. The van der Waals surface area contributed by atoms with Gasteiger partial charge < -0.3 is 9.52 Å². The standard InChI is InChI=1S/C12H8Cl2O3/c13-9-3-1-7(5-10(9)14)11-4-2-8(17-11)6-12(15)16/h1-5H,6H2,(H,15,16). The predicted octanol–water partition coefficient (Wildman–Crippen LogP) is 3.88. The van der Waals surface area contributed by atoms with Crippen molar-refractivity contribution >= 4 is 29.2 Å². The van der Waals surface area contributed by atoms with Crippen LogP contribution in [-0.2, 0) is 11.2 Å². The monoisotopic (exact) mass is 270 g/mol. The van der Waals surface area contributed by atoms with E-state index in [2.05, 4.69) is 0 Å². The lowest BCUT2D eigenvalue weighted by Crippen LogP contribution is -1.97. The third kappa shape index (κ3) is 2.81. The van der Waals surface area contributed by atoms with E-state index < -0.39 is 5.97 Å². The van der Waals surface area contributed by atoms with Gasteiger partial charge in [0, 0.05) is 5.56 Å². The molecule has 5 heteroatoms. The number of furan rings is 1. The Kier molecular flexibility index (Phi) is 3.41. The Balaban J connectivity index is 2.30. The van der Waals surface area contributed by atoms with Crippen LogP contribution in [0, 0.1) is 0 Å². The predicted molar refractivity (Wildman–Crippen MR) is 65.5 cm³/mol. The average molecular weight is 271 g/mol. The maximum Gasteiger partial charge on any atom is 0.311 e. The van der Waals surface area contributed by atoms with E-state index in [-0.39, 0.29) is 6.42 Å². The van der Waals surface area contributed by atoms with Gasteiger partial charge in [-0.1, -0.05) is 23.2 Å². The average Bonchev–Trinajstić information content (AvgIpc) is 2.69. The van der Waals surface area contributed by atoms with Crippen molar-refractivity contribution in [3.05, 3.63) is 46.1 Å². The second kappa shape index (κ2) is 4.82. The van der Waals surface area contributed by atoms with E-state index in [1.165, 1.54) is 0 Å². The summed E-state index contributed by atoms with van der Waals surface area (Å²) in [7, 11) is 0. The molecule has 0 unspecified atom stereocenters. The molecule has 17 heavy (non-hydrogen) atoms.